The van der Waals surface area contributed by atoms with Gasteiger partial charge in [0.15, 0.2) is 0 Å². The molecule has 0 aromatic carbocycles. The number of aromatic nitrogens is 1. The minimum absolute atomic E-state index is 0.487. The number of halogens is 1. The molecule has 0 aliphatic carbocycles. The third-order valence-electron chi connectivity index (χ3n) is 4.62. The topological polar surface area (TPSA) is 40.5 Å². The number of hydrogen-bond donors (Lipinski definition) is 1. The molecular formula is C21H29BrN4. The number of nitrogens with one attached hydrogen (secondary N) is 1. The lowest BCUT2D eigenvalue weighted by molar-refractivity contribution is 0.252. The fourth-order valence-electron chi connectivity index (χ4n) is 2.96. The quantitative estimate of drug-likeness (QED) is 0.518. The molecule has 1 aromatic heterocycles. The molecule has 0 amide bonds. The van der Waals surface area contributed by atoms with Crippen molar-refractivity contribution in [2.24, 2.45) is 10.9 Å². The van der Waals surface area contributed by atoms with Crippen LogP contribution in [0.25, 0.3) is 0 Å². The second-order valence-electron chi connectivity index (χ2n) is 6.79. The summed E-state index contributed by atoms with van der Waals surface area (Å²) >= 11 is 3.53. The SMILES string of the molecule is C=C/C(Br)=C(C)/N=C(\C=C(/C)NCc1cccnc1)C1CCN(C)CC1. The van der Waals surface area contributed by atoms with Gasteiger partial charge >= 0.3 is 0 Å². The second-order valence-corrected chi connectivity index (χ2v) is 7.65. The molecule has 1 aliphatic rings. The van der Waals surface area contributed by atoms with Crippen LogP contribution in [0, 0.1) is 5.92 Å². The smallest absolute Gasteiger partial charge is 0.0517 e. The summed E-state index contributed by atoms with van der Waals surface area (Å²) in [5.74, 6) is 0.487. The van der Waals surface area contributed by atoms with Gasteiger partial charge in [-0.15, -0.1) is 0 Å². The van der Waals surface area contributed by atoms with Crippen molar-refractivity contribution in [3.05, 3.63) is 64.7 Å². The molecule has 2 rings (SSSR count). The molecule has 1 aliphatic heterocycles. The number of aliphatic imine (C=N–C) groups is 1. The number of piperidine rings is 1. The van der Waals surface area contributed by atoms with E-state index in [4.69, 9.17) is 4.99 Å². The first kappa shape index (κ1) is 20.6. The molecule has 1 saturated heterocycles. The van der Waals surface area contributed by atoms with E-state index in [2.05, 4.69) is 63.8 Å². The summed E-state index contributed by atoms with van der Waals surface area (Å²) in [7, 11) is 2.18. The van der Waals surface area contributed by atoms with Crippen LogP contribution in [0.4, 0.5) is 0 Å². The van der Waals surface area contributed by atoms with E-state index < -0.39 is 0 Å². The second kappa shape index (κ2) is 10.4. The van der Waals surface area contributed by atoms with Gasteiger partial charge in [0, 0.05) is 40.7 Å². The van der Waals surface area contributed by atoms with Crippen LogP contribution in [0.2, 0.25) is 0 Å². The van der Waals surface area contributed by atoms with Gasteiger partial charge in [0.05, 0.1) is 5.70 Å². The van der Waals surface area contributed by atoms with Gasteiger partial charge in [-0.2, -0.15) is 0 Å². The van der Waals surface area contributed by atoms with Crippen molar-refractivity contribution in [1.29, 1.82) is 0 Å². The van der Waals surface area contributed by atoms with Crippen LogP contribution in [0.15, 0.2) is 64.1 Å². The third-order valence-corrected chi connectivity index (χ3v) is 5.51. The summed E-state index contributed by atoms with van der Waals surface area (Å²) in [6, 6.07) is 4.04. The average molecular weight is 417 g/mol. The largest absolute Gasteiger partial charge is 0.384 e. The number of allylic oxidation sites excluding steroid dienone is 5. The molecule has 140 valence electrons. The Balaban J connectivity index is 2.16. The van der Waals surface area contributed by atoms with Crippen LogP contribution >= 0.6 is 15.9 Å². The van der Waals surface area contributed by atoms with Crippen molar-refractivity contribution < 1.29 is 0 Å². The molecule has 4 nitrogen and oxygen atoms in total. The Labute approximate surface area is 165 Å². The van der Waals surface area contributed by atoms with Crippen LogP contribution in [0.3, 0.4) is 0 Å². The Morgan fingerprint density at radius 3 is 2.77 bits per heavy atom. The van der Waals surface area contributed by atoms with Crippen LogP contribution in [-0.2, 0) is 6.54 Å². The van der Waals surface area contributed by atoms with E-state index in [0.717, 1.165) is 54.1 Å². The van der Waals surface area contributed by atoms with Gasteiger partial charge in [-0.25, -0.2) is 0 Å². The van der Waals surface area contributed by atoms with E-state index in [1.165, 1.54) is 5.56 Å². The van der Waals surface area contributed by atoms with Crippen molar-refractivity contribution >= 4 is 21.6 Å². The molecule has 0 radical (unpaired) electrons. The number of hydrogen-bond acceptors (Lipinski definition) is 4. The van der Waals surface area contributed by atoms with Gasteiger partial charge in [0.2, 0.25) is 0 Å². The molecular weight excluding hydrogens is 388 g/mol. The average Bonchev–Trinajstić information content (AvgIpc) is 2.66. The van der Waals surface area contributed by atoms with Crippen LogP contribution in [-0.4, -0.2) is 35.7 Å². The van der Waals surface area contributed by atoms with Crippen molar-refractivity contribution in [2.45, 2.75) is 33.2 Å². The summed E-state index contributed by atoms with van der Waals surface area (Å²) in [6.07, 6.45) is 9.95. The molecule has 0 unspecified atom stereocenters. The highest BCUT2D eigenvalue weighted by Crippen LogP contribution is 2.22. The predicted octanol–water partition coefficient (Wildman–Crippen LogP) is 4.67. The maximum absolute atomic E-state index is 4.92. The van der Waals surface area contributed by atoms with Gasteiger partial charge in [-0.05, 0) is 80.5 Å². The maximum atomic E-state index is 4.92. The van der Waals surface area contributed by atoms with Crippen molar-refractivity contribution in [3.63, 3.8) is 0 Å². The third kappa shape index (κ3) is 6.54. The first-order valence-electron chi connectivity index (χ1n) is 9.06. The van der Waals surface area contributed by atoms with Gasteiger partial charge in [0.1, 0.15) is 0 Å². The van der Waals surface area contributed by atoms with E-state index in [0.29, 0.717) is 5.92 Å². The fourth-order valence-corrected chi connectivity index (χ4v) is 3.05. The normalized spacial score (nSPS) is 18.5. The Hall–Kier alpha value is -1.72. The summed E-state index contributed by atoms with van der Waals surface area (Å²) in [6.45, 7) is 10.9. The summed E-state index contributed by atoms with van der Waals surface area (Å²) in [4.78, 5) is 11.5. The van der Waals surface area contributed by atoms with Crippen molar-refractivity contribution in [1.82, 2.24) is 15.2 Å². The lowest BCUT2D eigenvalue weighted by Gasteiger charge is -2.29. The maximum Gasteiger partial charge on any atom is 0.0517 e. The molecule has 0 atom stereocenters. The highest BCUT2D eigenvalue weighted by Gasteiger charge is 2.21. The summed E-state index contributed by atoms with van der Waals surface area (Å²) in [5.41, 5.74) is 4.40. The number of rotatable bonds is 7. The van der Waals surface area contributed by atoms with Gasteiger partial charge in [0.25, 0.3) is 0 Å². The van der Waals surface area contributed by atoms with E-state index in [9.17, 15) is 0 Å². The fraction of sp³-hybridized carbons (Fsp3) is 0.429. The Morgan fingerprint density at radius 2 is 2.15 bits per heavy atom. The van der Waals surface area contributed by atoms with Crippen LogP contribution in [0.5, 0.6) is 0 Å². The number of likely N-dealkylation sites (tertiary alicyclic amines) is 1. The Kier molecular flexibility index (Phi) is 8.26. The van der Waals surface area contributed by atoms with E-state index in [-0.39, 0.29) is 0 Å². The van der Waals surface area contributed by atoms with Crippen molar-refractivity contribution in [2.75, 3.05) is 20.1 Å². The molecule has 1 fully saturated rings. The molecule has 1 aromatic rings. The molecule has 0 saturated carbocycles. The number of nitrogens with zero attached hydrogens (tertiary/aromatic N) is 3. The summed E-state index contributed by atoms with van der Waals surface area (Å²) in [5, 5.41) is 3.48. The van der Waals surface area contributed by atoms with E-state index in [1.54, 1.807) is 12.3 Å². The first-order valence-corrected chi connectivity index (χ1v) is 9.86. The number of pyridine rings is 1. The van der Waals surface area contributed by atoms with Gasteiger partial charge in [-0.1, -0.05) is 18.7 Å². The molecule has 26 heavy (non-hydrogen) atoms. The lowest BCUT2D eigenvalue weighted by atomic mass is 9.91. The van der Waals surface area contributed by atoms with Crippen LogP contribution < -0.4 is 5.32 Å². The first-order chi connectivity index (χ1) is 12.5. The van der Waals surface area contributed by atoms with Gasteiger partial charge in [-0.3, -0.25) is 9.98 Å². The zero-order valence-corrected chi connectivity index (χ0v) is 17.6. The van der Waals surface area contributed by atoms with Crippen molar-refractivity contribution in [3.8, 4) is 0 Å². The molecule has 0 bridgehead atoms. The summed E-state index contributed by atoms with van der Waals surface area (Å²) < 4.78 is 0.942. The minimum Gasteiger partial charge on any atom is -0.384 e. The minimum atomic E-state index is 0.487. The van der Waals surface area contributed by atoms with Gasteiger partial charge < -0.3 is 10.2 Å². The zero-order chi connectivity index (χ0) is 18.9. The molecule has 2 heterocycles. The van der Waals surface area contributed by atoms with Crippen LogP contribution in [0.1, 0.15) is 32.3 Å². The predicted molar refractivity (Wildman–Crippen MR) is 114 cm³/mol. The Morgan fingerprint density at radius 1 is 1.42 bits per heavy atom. The van der Waals surface area contributed by atoms with E-state index in [1.807, 2.05) is 19.2 Å². The molecule has 1 N–H and O–H groups in total. The molecule has 0 spiro atoms. The molecule has 5 heteroatoms. The standard InChI is InChI=1S/C21H29BrN4/c1-5-20(22)17(3)25-21(19-8-11-26(4)12-9-19)13-16(2)24-15-18-7-6-10-23-14-18/h5-7,10,13-14,19,24H,1,8-9,11-12,15H2,2-4H3/b16-13+,20-17-,25-21+. The van der Waals surface area contributed by atoms with E-state index >= 15 is 0 Å². The Bertz CT molecular complexity index is 683. The highest BCUT2D eigenvalue weighted by molar-refractivity contribution is 9.11. The zero-order valence-electron chi connectivity index (χ0n) is 16.0. The highest BCUT2D eigenvalue weighted by atomic mass is 79.9. The monoisotopic (exact) mass is 416 g/mol. The lowest BCUT2D eigenvalue weighted by Crippen LogP contribution is -2.33.